The average molecular weight is 233 g/mol. The molecule has 0 aliphatic carbocycles. The summed E-state index contributed by atoms with van der Waals surface area (Å²) in [7, 11) is 0. The van der Waals surface area contributed by atoms with Crippen LogP contribution in [0.3, 0.4) is 0 Å². The summed E-state index contributed by atoms with van der Waals surface area (Å²) < 4.78 is 0. The number of benzene rings is 1. The van der Waals surface area contributed by atoms with Gasteiger partial charge in [0.25, 0.3) is 0 Å². The van der Waals surface area contributed by atoms with E-state index in [-0.39, 0.29) is 12.6 Å². The highest BCUT2D eigenvalue weighted by Gasteiger charge is 2.14. The molecular formula is C15H23NO. The maximum absolute atomic E-state index is 9.48. The van der Waals surface area contributed by atoms with E-state index in [0.717, 1.165) is 24.8 Å². The number of nitrogens with one attached hydrogen (secondary N) is 1. The molecule has 0 amide bonds. The largest absolute Gasteiger partial charge is 0.394 e. The summed E-state index contributed by atoms with van der Waals surface area (Å²) >= 11 is 0. The van der Waals surface area contributed by atoms with Crippen molar-refractivity contribution in [3.05, 3.63) is 48.6 Å². The van der Waals surface area contributed by atoms with E-state index in [1.165, 1.54) is 0 Å². The van der Waals surface area contributed by atoms with Crippen LogP contribution < -0.4 is 5.32 Å². The molecule has 0 aromatic heterocycles. The van der Waals surface area contributed by atoms with E-state index in [1.54, 1.807) is 0 Å². The molecule has 1 aromatic carbocycles. The molecule has 1 aromatic rings. The Kier molecular flexibility index (Phi) is 6.60. The van der Waals surface area contributed by atoms with E-state index in [9.17, 15) is 5.11 Å². The van der Waals surface area contributed by atoms with Gasteiger partial charge >= 0.3 is 0 Å². The van der Waals surface area contributed by atoms with Gasteiger partial charge in [-0.3, -0.25) is 0 Å². The van der Waals surface area contributed by atoms with Crippen LogP contribution in [0.25, 0.3) is 0 Å². The van der Waals surface area contributed by atoms with Gasteiger partial charge in [-0.25, -0.2) is 0 Å². The van der Waals surface area contributed by atoms with Gasteiger partial charge in [0, 0.05) is 6.04 Å². The van der Waals surface area contributed by atoms with Crippen molar-refractivity contribution in [2.45, 2.75) is 38.3 Å². The molecule has 0 saturated carbocycles. The van der Waals surface area contributed by atoms with Crippen molar-refractivity contribution < 1.29 is 5.11 Å². The van der Waals surface area contributed by atoms with Crippen LogP contribution in [0.15, 0.2) is 43.0 Å². The topological polar surface area (TPSA) is 32.3 Å². The molecule has 0 saturated heterocycles. The van der Waals surface area contributed by atoms with Crippen molar-refractivity contribution in [3.8, 4) is 0 Å². The second kappa shape index (κ2) is 8.04. The van der Waals surface area contributed by atoms with Gasteiger partial charge in [0.2, 0.25) is 0 Å². The molecule has 94 valence electrons. The quantitative estimate of drug-likeness (QED) is 0.676. The lowest BCUT2D eigenvalue weighted by Gasteiger charge is -2.24. The van der Waals surface area contributed by atoms with Crippen LogP contribution in [0, 0.1) is 0 Å². The summed E-state index contributed by atoms with van der Waals surface area (Å²) in [5.74, 6) is 0. The first-order valence-electron chi connectivity index (χ1n) is 6.34. The number of aliphatic hydroxyl groups excluding tert-OH is 1. The molecule has 2 N–H and O–H groups in total. The van der Waals surface area contributed by atoms with Crippen molar-refractivity contribution in [1.29, 1.82) is 0 Å². The van der Waals surface area contributed by atoms with E-state index < -0.39 is 0 Å². The standard InChI is InChI=1S/C15H23NO/c1-3-8-14(9-4-2)16-15(12-17)13-10-6-5-7-11-13/h3,5-7,10-11,14-17H,1,4,8-9,12H2,2H3/t14-,15+/m1/s1. The van der Waals surface area contributed by atoms with Crippen molar-refractivity contribution >= 4 is 0 Å². The first-order valence-corrected chi connectivity index (χ1v) is 6.34. The van der Waals surface area contributed by atoms with Crippen LogP contribution in [-0.2, 0) is 0 Å². The molecule has 0 bridgehead atoms. The van der Waals surface area contributed by atoms with E-state index in [1.807, 2.05) is 36.4 Å². The summed E-state index contributed by atoms with van der Waals surface area (Å²) in [6.45, 7) is 6.09. The minimum Gasteiger partial charge on any atom is -0.394 e. The van der Waals surface area contributed by atoms with Gasteiger partial charge < -0.3 is 10.4 Å². The molecule has 2 heteroatoms. The number of rotatable bonds is 8. The number of aliphatic hydroxyl groups is 1. The second-order valence-electron chi connectivity index (χ2n) is 4.32. The Bertz CT molecular complexity index is 310. The van der Waals surface area contributed by atoms with E-state index in [2.05, 4.69) is 18.8 Å². The monoisotopic (exact) mass is 233 g/mol. The SMILES string of the molecule is C=CC[C@H](CCC)N[C@@H](CO)c1ccccc1. The Hall–Kier alpha value is -1.12. The molecule has 0 aliphatic rings. The van der Waals surface area contributed by atoms with Crippen molar-refractivity contribution in [1.82, 2.24) is 5.32 Å². The van der Waals surface area contributed by atoms with Gasteiger partial charge in [-0.1, -0.05) is 49.8 Å². The van der Waals surface area contributed by atoms with Gasteiger partial charge in [0.05, 0.1) is 12.6 Å². The minimum atomic E-state index is 0.0210. The van der Waals surface area contributed by atoms with Crippen molar-refractivity contribution in [2.75, 3.05) is 6.61 Å². The third kappa shape index (κ3) is 4.72. The Balaban J connectivity index is 2.64. The van der Waals surface area contributed by atoms with E-state index >= 15 is 0 Å². The predicted octanol–water partition coefficient (Wildman–Crippen LogP) is 3.05. The van der Waals surface area contributed by atoms with Crippen LogP contribution in [0.2, 0.25) is 0 Å². The molecule has 0 radical (unpaired) electrons. The van der Waals surface area contributed by atoms with Crippen LogP contribution in [0.4, 0.5) is 0 Å². The molecule has 0 heterocycles. The molecule has 2 nitrogen and oxygen atoms in total. The first kappa shape index (κ1) is 13.9. The number of hydrogen-bond donors (Lipinski definition) is 2. The molecule has 0 fully saturated rings. The summed E-state index contributed by atoms with van der Waals surface area (Å²) in [5, 5.41) is 13.0. The third-order valence-corrected chi connectivity index (χ3v) is 2.91. The molecule has 17 heavy (non-hydrogen) atoms. The molecule has 0 aliphatic heterocycles. The normalized spacial score (nSPS) is 14.2. The zero-order valence-corrected chi connectivity index (χ0v) is 10.6. The third-order valence-electron chi connectivity index (χ3n) is 2.91. The molecule has 2 atom stereocenters. The van der Waals surface area contributed by atoms with Gasteiger partial charge in [-0.15, -0.1) is 6.58 Å². The van der Waals surface area contributed by atoms with Crippen LogP contribution >= 0.6 is 0 Å². The average Bonchev–Trinajstić information content (AvgIpc) is 2.37. The Labute approximate surface area is 104 Å². The van der Waals surface area contributed by atoms with E-state index in [4.69, 9.17) is 0 Å². The highest BCUT2D eigenvalue weighted by atomic mass is 16.3. The maximum atomic E-state index is 9.48. The summed E-state index contributed by atoms with van der Waals surface area (Å²) in [5.41, 5.74) is 1.14. The fourth-order valence-corrected chi connectivity index (χ4v) is 2.04. The van der Waals surface area contributed by atoms with Crippen LogP contribution in [-0.4, -0.2) is 17.8 Å². The first-order chi connectivity index (χ1) is 8.31. The summed E-state index contributed by atoms with van der Waals surface area (Å²) in [6.07, 6.45) is 5.12. The Morgan fingerprint density at radius 2 is 2.06 bits per heavy atom. The smallest absolute Gasteiger partial charge is 0.0626 e. The van der Waals surface area contributed by atoms with Gasteiger partial charge in [-0.05, 0) is 18.4 Å². The minimum absolute atomic E-state index is 0.0210. The lowest BCUT2D eigenvalue weighted by Crippen LogP contribution is -2.34. The van der Waals surface area contributed by atoms with Gasteiger partial charge in [0.15, 0.2) is 0 Å². The van der Waals surface area contributed by atoms with Gasteiger partial charge in [-0.2, -0.15) is 0 Å². The summed E-state index contributed by atoms with van der Waals surface area (Å²) in [4.78, 5) is 0. The highest BCUT2D eigenvalue weighted by molar-refractivity contribution is 5.19. The van der Waals surface area contributed by atoms with Crippen molar-refractivity contribution in [3.63, 3.8) is 0 Å². The van der Waals surface area contributed by atoms with E-state index in [0.29, 0.717) is 6.04 Å². The van der Waals surface area contributed by atoms with Gasteiger partial charge in [0.1, 0.15) is 0 Å². The Morgan fingerprint density at radius 3 is 2.59 bits per heavy atom. The highest BCUT2D eigenvalue weighted by Crippen LogP contribution is 2.15. The maximum Gasteiger partial charge on any atom is 0.0626 e. The number of hydrogen-bond acceptors (Lipinski definition) is 2. The molecule has 1 rings (SSSR count). The van der Waals surface area contributed by atoms with Crippen LogP contribution in [0.1, 0.15) is 37.8 Å². The fourth-order valence-electron chi connectivity index (χ4n) is 2.04. The lowest BCUT2D eigenvalue weighted by atomic mass is 10.0. The zero-order chi connectivity index (χ0) is 12.5. The predicted molar refractivity (Wildman–Crippen MR) is 72.9 cm³/mol. The Morgan fingerprint density at radius 1 is 1.35 bits per heavy atom. The fraction of sp³-hybridized carbons (Fsp3) is 0.467. The lowest BCUT2D eigenvalue weighted by molar-refractivity contribution is 0.230. The van der Waals surface area contributed by atoms with Crippen molar-refractivity contribution in [2.24, 2.45) is 0 Å². The second-order valence-corrected chi connectivity index (χ2v) is 4.32. The summed E-state index contributed by atoms with van der Waals surface area (Å²) in [6, 6.07) is 10.5. The molecule has 0 spiro atoms. The molecule has 0 unspecified atom stereocenters. The molecular weight excluding hydrogens is 210 g/mol. The zero-order valence-electron chi connectivity index (χ0n) is 10.6. The van der Waals surface area contributed by atoms with Crippen LogP contribution in [0.5, 0.6) is 0 Å².